The molecule has 0 radical (unpaired) electrons. The van der Waals surface area contributed by atoms with Crippen LogP contribution in [0.15, 0.2) is 59.9 Å². The molecule has 2 aromatic rings. The van der Waals surface area contributed by atoms with Crippen LogP contribution in [0.25, 0.3) is 12.2 Å². The van der Waals surface area contributed by atoms with Gasteiger partial charge in [-0.2, -0.15) is 0 Å². The molecule has 0 fully saturated rings. The minimum Gasteiger partial charge on any atom is -0.508 e. The van der Waals surface area contributed by atoms with Crippen molar-refractivity contribution in [3.05, 3.63) is 71.1 Å². The molecular formula is C18H16N2O4. The molecule has 0 aliphatic rings. The van der Waals surface area contributed by atoms with E-state index in [2.05, 4.69) is 10.6 Å². The summed E-state index contributed by atoms with van der Waals surface area (Å²) in [7, 11) is 0. The van der Waals surface area contributed by atoms with Crippen LogP contribution < -0.4 is 10.6 Å². The van der Waals surface area contributed by atoms with E-state index in [1.807, 2.05) is 0 Å². The lowest BCUT2D eigenvalue weighted by molar-refractivity contribution is -0.110. The quantitative estimate of drug-likeness (QED) is 0.462. The molecule has 0 aliphatic heterocycles. The molecule has 0 aliphatic carbocycles. The fourth-order valence-electron chi connectivity index (χ4n) is 2.00. The van der Waals surface area contributed by atoms with Crippen LogP contribution in [0.2, 0.25) is 0 Å². The second kappa shape index (κ2) is 8.19. The fraction of sp³-hybridized carbons (Fsp3) is 0. The van der Waals surface area contributed by atoms with Crippen molar-refractivity contribution in [3.8, 4) is 11.5 Å². The minimum absolute atomic E-state index is 0.128. The highest BCUT2D eigenvalue weighted by Crippen LogP contribution is 2.17. The molecule has 6 nitrogen and oxygen atoms in total. The predicted octanol–water partition coefficient (Wildman–Crippen LogP) is 1.97. The number of aromatic hydroxyl groups is 2. The molecular weight excluding hydrogens is 308 g/mol. The van der Waals surface area contributed by atoms with Crippen molar-refractivity contribution in [2.24, 2.45) is 0 Å². The van der Waals surface area contributed by atoms with Gasteiger partial charge in [0.05, 0.1) is 11.4 Å². The Kier molecular flexibility index (Phi) is 5.74. The summed E-state index contributed by atoms with van der Waals surface area (Å²) in [4.78, 5) is 21.8. The van der Waals surface area contributed by atoms with Crippen molar-refractivity contribution in [1.82, 2.24) is 10.6 Å². The molecule has 4 N–H and O–H groups in total. The van der Waals surface area contributed by atoms with Crippen LogP contribution in [0.3, 0.4) is 0 Å². The van der Waals surface area contributed by atoms with Gasteiger partial charge in [0.2, 0.25) is 12.8 Å². The van der Waals surface area contributed by atoms with Crippen molar-refractivity contribution in [2.45, 2.75) is 0 Å². The number of phenols is 2. The molecule has 6 heteroatoms. The zero-order chi connectivity index (χ0) is 17.4. The Morgan fingerprint density at radius 3 is 1.29 bits per heavy atom. The number of hydrogen-bond donors (Lipinski definition) is 4. The van der Waals surface area contributed by atoms with Gasteiger partial charge >= 0.3 is 0 Å². The smallest absolute Gasteiger partial charge is 0.211 e. The second-order valence-corrected chi connectivity index (χ2v) is 4.82. The number of carbonyl (C=O) groups is 2. The zero-order valence-electron chi connectivity index (χ0n) is 12.6. The third kappa shape index (κ3) is 4.74. The van der Waals surface area contributed by atoms with E-state index in [9.17, 15) is 19.8 Å². The minimum atomic E-state index is 0.128. The lowest BCUT2D eigenvalue weighted by atomic mass is 10.1. The number of amides is 2. The Morgan fingerprint density at radius 2 is 1.00 bits per heavy atom. The van der Waals surface area contributed by atoms with Gasteiger partial charge in [0, 0.05) is 0 Å². The van der Waals surface area contributed by atoms with Gasteiger partial charge in [-0.25, -0.2) is 0 Å². The first-order valence-electron chi connectivity index (χ1n) is 7.04. The highest BCUT2D eigenvalue weighted by molar-refractivity contribution is 5.72. The maximum absolute atomic E-state index is 10.9. The molecule has 122 valence electrons. The van der Waals surface area contributed by atoms with Crippen LogP contribution in [0.4, 0.5) is 0 Å². The molecule has 2 rings (SSSR count). The van der Waals surface area contributed by atoms with Gasteiger partial charge in [-0.1, -0.05) is 24.3 Å². The highest BCUT2D eigenvalue weighted by Gasteiger charge is 2.05. The first-order chi connectivity index (χ1) is 11.6. The van der Waals surface area contributed by atoms with E-state index in [0.29, 0.717) is 24.2 Å². The summed E-state index contributed by atoms with van der Waals surface area (Å²) in [5, 5.41) is 23.7. The van der Waals surface area contributed by atoms with Crippen molar-refractivity contribution < 1.29 is 19.8 Å². The van der Waals surface area contributed by atoms with Gasteiger partial charge in [-0.15, -0.1) is 0 Å². The van der Waals surface area contributed by atoms with Crippen LogP contribution in [0.1, 0.15) is 11.1 Å². The highest BCUT2D eigenvalue weighted by atomic mass is 16.3. The van der Waals surface area contributed by atoms with Gasteiger partial charge in [0.15, 0.2) is 0 Å². The Labute approximate surface area is 138 Å². The summed E-state index contributed by atoms with van der Waals surface area (Å²) in [6, 6.07) is 12.7. The Morgan fingerprint density at radius 1 is 0.667 bits per heavy atom. The average molecular weight is 324 g/mol. The fourth-order valence-corrected chi connectivity index (χ4v) is 2.00. The molecule has 0 unspecified atom stereocenters. The van der Waals surface area contributed by atoms with E-state index < -0.39 is 0 Å². The monoisotopic (exact) mass is 324 g/mol. The normalized spacial score (nSPS) is 11.7. The summed E-state index contributed by atoms with van der Waals surface area (Å²) in [6.45, 7) is 0. The molecule has 2 amide bonds. The van der Waals surface area contributed by atoms with Crippen molar-refractivity contribution >= 4 is 25.0 Å². The molecule has 0 saturated heterocycles. The zero-order valence-corrected chi connectivity index (χ0v) is 12.6. The van der Waals surface area contributed by atoms with Crippen LogP contribution in [-0.4, -0.2) is 23.0 Å². The number of phenolic OH excluding ortho intramolecular Hbond substituents is 2. The number of nitrogens with one attached hydrogen (secondary N) is 2. The standard InChI is InChI=1S/C18H16N2O4/c21-11-19-17(9-13-1-5-15(23)6-2-13)18(20-12-22)10-14-3-7-16(24)8-4-14/h1-12,23-24H,(H,19,21)(H,20,22)/b17-9-,18-10-. The van der Waals surface area contributed by atoms with E-state index in [0.717, 1.165) is 11.1 Å². The third-order valence-electron chi connectivity index (χ3n) is 3.13. The number of benzene rings is 2. The van der Waals surface area contributed by atoms with Gasteiger partial charge in [0.25, 0.3) is 0 Å². The maximum Gasteiger partial charge on any atom is 0.211 e. The van der Waals surface area contributed by atoms with Crippen LogP contribution in [0.5, 0.6) is 11.5 Å². The number of carbonyl (C=O) groups excluding carboxylic acids is 2. The Hall–Kier alpha value is -3.54. The van der Waals surface area contributed by atoms with Crippen LogP contribution in [-0.2, 0) is 9.59 Å². The predicted molar refractivity (Wildman–Crippen MR) is 90.6 cm³/mol. The summed E-state index contributed by atoms with van der Waals surface area (Å²) in [5.74, 6) is 0.255. The molecule has 0 heterocycles. The van der Waals surface area contributed by atoms with E-state index in [4.69, 9.17) is 0 Å². The summed E-state index contributed by atoms with van der Waals surface area (Å²) in [5.41, 5.74) is 2.19. The SMILES string of the molecule is O=CNC(=C\c1ccc(O)cc1)/C(=C/c1ccc(O)cc1)NC=O. The molecule has 2 aromatic carbocycles. The van der Waals surface area contributed by atoms with Crippen LogP contribution >= 0.6 is 0 Å². The third-order valence-corrected chi connectivity index (χ3v) is 3.13. The largest absolute Gasteiger partial charge is 0.508 e. The van der Waals surface area contributed by atoms with E-state index in [1.54, 1.807) is 36.4 Å². The molecule has 0 spiro atoms. The second-order valence-electron chi connectivity index (χ2n) is 4.82. The van der Waals surface area contributed by atoms with Gasteiger partial charge < -0.3 is 20.8 Å². The van der Waals surface area contributed by atoms with E-state index in [-0.39, 0.29) is 11.5 Å². The molecule has 24 heavy (non-hydrogen) atoms. The van der Waals surface area contributed by atoms with Crippen LogP contribution in [0, 0.1) is 0 Å². The van der Waals surface area contributed by atoms with Crippen molar-refractivity contribution in [2.75, 3.05) is 0 Å². The molecule has 0 atom stereocenters. The van der Waals surface area contributed by atoms with Gasteiger partial charge in [0.1, 0.15) is 11.5 Å². The Balaban J connectivity index is 2.42. The summed E-state index contributed by atoms with van der Waals surface area (Å²) < 4.78 is 0. The first kappa shape index (κ1) is 16.8. The summed E-state index contributed by atoms with van der Waals surface area (Å²) >= 11 is 0. The topological polar surface area (TPSA) is 98.7 Å². The lowest BCUT2D eigenvalue weighted by Gasteiger charge is -2.11. The van der Waals surface area contributed by atoms with Gasteiger partial charge in [-0.3, -0.25) is 9.59 Å². The lowest BCUT2D eigenvalue weighted by Crippen LogP contribution is -2.21. The van der Waals surface area contributed by atoms with Crippen molar-refractivity contribution in [3.63, 3.8) is 0 Å². The summed E-state index contributed by atoms with van der Waals surface area (Å²) in [6.07, 6.45) is 4.31. The Bertz CT molecular complexity index is 695. The van der Waals surface area contributed by atoms with E-state index in [1.165, 1.54) is 24.3 Å². The number of rotatable bonds is 7. The number of hydrogen-bond acceptors (Lipinski definition) is 4. The molecule has 0 bridgehead atoms. The van der Waals surface area contributed by atoms with Gasteiger partial charge in [-0.05, 0) is 47.5 Å². The van der Waals surface area contributed by atoms with Crippen molar-refractivity contribution in [1.29, 1.82) is 0 Å². The first-order valence-corrected chi connectivity index (χ1v) is 7.04. The van der Waals surface area contributed by atoms with E-state index >= 15 is 0 Å². The molecule has 0 aromatic heterocycles. The average Bonchev–Trinajstić information content (AvgIpc) is 2.58. The molecule has 0 saturated carbocycles. The maximum atomic E-state index is 10.9.